The molecule has 1 rings (SSSR count). The Bertz CT molecular complexity index is 385. The first-order valence-corrected chi connectivity index (χ1v) is 5.86. The van der Waals surface area contributed by atoms with Crippen molar-refractivity contribution in [2.24, 2.45) is 0 Å². The molecule has 1 heterocycles. The summed E-state index contributed by atoms with van der Waals surface area (Å²) in [5.74, 6) is -0.888. The fraction of sp³-hybridized carbons (Fsp3) is 0.545. The molecular weight excluding hydrogens is 226 g/mol. The number of aliphatic hydroxyl groups is 1. The Morgan fingerprint density at radius 2 is 2.19 bits per heavy atom. The van der Waals surface area contributed by atoms with Gasteiger partial charge in [-0.05, 0) is 32.4 Å². The standard InChI is InChI=1S/C11H17NO3S/c1-7-8(4-9(16-7)10(14)15)5-12-11(2,3)6-13/h4,12-13H,5-6H2,1-3H3,(H,14,15). The molecule has 90 valence electrons. The molecule has 0 aromatic carbocycles. The monoisotopic (exact) mass is 243 g/mol. The molecule has 0 unspecified atom stereocenters. The first-order chi connectivity index (χ1) is 7.35. The van der Waals surface area contributed by atoms with Crippen LogP contribution in [0.15, 0.2) is 6.07 Å². The van der Waals surface area contributed by atoms with Crippen molar-refractivity contribution >= 4 is 17.3 Å². The van der Waals surface area contributed by atoms with E-state index in [2.05, 4.69) is 5.32 Å². The zero-order chi connectivity index (χ0) is 12.3. The number of thiophene rings is 1. The van der Waals surface area contributed by atoms with E-state index in [0.717, 1.165) is 10.4 Å². The van der Waals surface area contributed by atoms with E-state index in [1.165, 1.54) is 11.3 Å². The van der Waals surface area contributed by atoms with Gasteiger partial charge in [0.15, 0.2) is 0 Å². The van der Waals surface area contributed by atoms with Gasteiger partial charge in [-0.15, -0.1) is 11.3 Å². The molecule has 0 aliphatic carbocycles. The smallest absolute Gasteiger partial charge is 0.345 e. The average molecular weight is 243 g/mol. The van der Waals surface area contributed by atoms with Gasteiger partial charge in [0.1, 0.15) is 4.88 Å². The predicted molar refractivity (Wildman–Crippen MR) is 64.0 cm³/mol. The molecule has 0 aliphatic rings. The molecule has 0 spiro atoms. The van der Waals surface area contributed by atoms with Crippen LogP contribution in [0, 0.1) is 6.92 Å². The second kappa shape index (κ2) is 4.95. The topological polar surface area (TPSA) is 69.6 Å². The Morgan fingerprint density at radius 1 is 1.56 bits per heavy atom. The summed E-state index contributed by atoms with van der Waals surface area (Å²) < 4.78 is 0. The zero-order valence-corrected chi connectivity index (χ0v) is 10.5. The van der Waals surface area contributed by atoms with Crippen LogP contribution >= 0.6 is 11.3 Å². The van der Waals surface area contributed by atoms with Crippen LogP contribution in [-0.4, -0.2) is 28.3 Å². The summed E-state index contributed by atoms with van der Waals surface area (Å²) in [4.78, 5) is 12.1. The first-order valence-electron chi connectivity index (χ1n) is 5.04. The second-order valence-corrected chi connectivity index (χ2v) is 5.65. The van der Waals surface area contributed by atoms with Crippen molar-refractivity contribution in [3.63, 3.8) is 0 Å². The lowest BCUT2D eigenvalue weighted by molar-refractivity contribution is 0.0702. The molecule has 0 fully saturated rings. The Hall–Kier alpha value is -0.910. The minimum absolute atomic E-state index is 0.0436. The number of aromatic carboxylic acids is 1. The summed E-state index contributed by atoms with van der Waals surface area (Å²) in [6, 6.07) is 1.68. The molecule has 1 aromatic rings. The minimum Gasteiger partial charge on any atom is -0.477 e. The number of aliphatic hydroxyl groups excluding tert-OH is 1. The highest BCUT2D eigenvalue weighted by Gasteiger charge is 2.17. The lowest BCUT2D eigenvalue weighted by Gasteiger charge is -2.23. The van der Waals surface area contributed by atoms with Crippen LogP contribution in [0.3, 0.4) is 0 Å². The van der Waals surface area contributed by atoms with Crippen molar-refractivity contribution in [3.8, 4) is 0 Å². The quantitative estimate of drug-likeness (QED) is 0.735. The van der Waals surface area contributed by atoms with Gasteiger partial charge in [-0.1, -0.05) is 0 Å². The van der Waals surface area contributed by atoms with Crippen molar-refractivity contribution in [3.05, 3.63) is 21.4 Å². The molecule has 16 heavy (non-hydrogen) atoms. The average Bonchev–Trinajstić information content (AvgIpc) is 2.57. The number of carbonyl (C=O) groups is 1. The second-order valence-electron chi connectivity index (χ2n) is 4.39. The highest BCUT2D eigenvalue weighted by atomic mass is 32.1. The molecular formula is C11H17NO3S. The molecule has 0 radical (unpaired) electrons. The molecule has 0 saturated carbocycles. The number of nitrogens with one attached hydrogen (secondary N) is 1. The number of carboxylic acid groups (broad SMARTS) is 1. The largest absolute Gasteiger partial charge is 0.477 e. The fourth-order valence-electron chi connectivity index (χ4n) is 1.19. The fourth-order valence-corrected chi connectivity index (χ4v) is 2.07. The molecule has 0 amide bonds. The third kappa shape index (κ3) is 3.30. The van der Waals surface area contributed by atoms with E-state index in [9.17, 15) is 4.79 Å². The van der Waals surface area contributed by atoms with Crippen molar-refractivity contribution in [1.82, 2.24) is 5.32 Å². The van der Waals surface area contributed by atoms with Gasteiger partial charge in [0, 0.05) is 17.0 Å². The van der Waals surface area contributed by atoms with Gasteiger partial charge in [-0.2, -0.15) is 0 Å². The SMILES string of the molecule is Cc1sc(C(=O)O)cc1CNC(C)(C)CO. The molecule has 5 heteroatoms. The molecule has 3 N–H and O–H groups in total. The zero-order valence-electron chi connectivity index (χ0n) is 9.70. The van der Waals surface area contributed by atoms with Crippen molar-refractivity contribution < 1.29 is 15.0 Å². The van der Waals surface area contributed by atoms with Crippen molar-refractivity contribution in [1.29, 1.82) is 0 Å². The van der Waals surface area contributed by atoms with E-state index < -0.39 is 5.97 Å². The molecule has 0 aliphatic heterocycles. The van der Waals surface area contributed by atoms with Crippen LogP contribution in [0.4, 0.5) is 0 Å². The van der Waals surface area contributed by atoms with Crippen molar-refractivity contribution in [2.75, 3.05) is 6.61 Å². The molecule has 0 bridgehead atoms. The number of hydrogen-bond donors (Lipinski definition) is 3. The first kappa shape index (κ1) is 13.2. The lowest BCUT2D eigenvalue weighted by Crippen LogP contribution is -2.42. The minimum atomic E-state index is -0.888. The van der Waals surface area contributed by atoms with E-state index in [1.807, 2.05) is 20.8 Å². The van der Waals surface area contributed by atoms with Crippen LogP contribution in [0.1, 0.15) is 34.0 Å². The Labute approximate surface area is 98.9 Å². The highest BCUT2D eigenvalue weighted by molar-refractivity contribution is 7.14. The van der Waals surface area contributed by atoms with Gasteiger partial charge in [0.25, 0.3) is 0 Å². The number of rotatable bonds is 5. The summed E-state index contributed by atoms with van der Waals surface area (Å²) >= 11 is 1.28. The summed E-state index contributed by atoms with van der Waals surface area (Å²) in [7, 11) is 0. The van der Waals surface area contributed by atoms with Crippen LogP contribution in [0.25, 0.3) is 0 Å². The summed E-state index contributed by atoms with van der Waals surface area (Å²) in [5.41, 5.74) is 0.626. The van der Waals surface area contributed by atoms with E-state index in [1.54, 1.807) is 6.07 Å². The normalized spacial score (nSPS) is 11.8. The lowest BCUT2D eigenvalue weighted by atomic mass is 10.1. The molecule has 1 aromatic heterocycles. The number of hydrogen-bond acceptors (Lipinski definition) is 4. The summed E-state index contributed by atoms with van der Waals surface area (Å²) in [6.07, 6.45) is 0. The molecule has 0 saturated heterocycles. The summed E-state index contributed by atoms with van der Waals surface area (Å²) in [5, 5.41) is 21.1. The Morgan fingerprint density at radius 3 is 2.62 bits per heavy atom. The van der Waals surface area contributed by atoms with Gasteiger partial charge < -0.3 is 15.5 Å². The maximum atomic E-state index is 10.8. The number of carboxylic acids is 1. The van der Waals surface area contributed by atoms with Crippen molar-refractivity contribution in [2.45, 2.75) is 32.9 Å². The van der Waals surface area contributed by atoms with Gasteiger partial charge in [-0.25, -0.2) is 4.79 Å². The van der Waals surface area contributed by atoms with Gasteiger partial charge in [-0.3, -0.25) is 0 Å². The van der Waals surface area contributed by atoms with E-state index >= 15 is 0 Å². The van der Waals surface area contributed by atoms with Crippen LogP contribution < -0.4 is 5.32 Å². The maximum Gasteiger partial charge on any atom is 0.345 e. The maximum absolute atomic E-state index is 10.8. The summed E-state index contributed by atoms with van der Waals surface area (Å²) in [6.45, 7) is 6.31. The van der Waals surface area contributed by atoms with Crippen LogP contribution in [-0.2, 0) is 6.54 Å². The van der Waals surface area contributed by atoms with Gasteiger partial charge in [0.2, 0.25) is 0 Å². The number of aryl methyl sites for hydroxylation is 1. The van der Waals surface area contributed by atoms with E-state index in [0.29, 0.717) is 11.4 Å². The Kier molecular flexibility index (Phi) is 4.07. The van der Waals surface area contributed by atoms with Gasteiger partial charge in [0.05, 0.1) is 6.61 Å². The third-order valence-corrected chi connectivity index (χ3v) is 3.46. The van der Waals surface area contributed by atoms with Crippen LogP contribution in [0.2, 0.25) is 0 Å². The van der Waals surface area contributed by atoms with Gasteiger partial charge >= 0.3 is 5.97 Å². The molecule has 4 nitrogen and oxygen atoms in total. The third-order valence-electron chi connectivity index (χ3n) is 2.38. The Balaban J connectivity index is 2.71. The van der Waals surface area contributed by atoms with Crippen LogP contribution in [0.5, 0.6) is 0 Å². The molecule has 0 atom stereocenters. The highest BCUT2D eigenvalue weighted by Crippen LogP contribution is 2.22. The van der Waals surface area contributed by atoms with E-state index in [4.69, 9.17) is 10.2 Å². The van der Waals surface area contributed by atoms with E-state index in [-0.39, 0.29) is 12.1 Å². The predicted octanol–water partition coefficient (Wildman–Crippen LogP) is 1.62.